The van der Waals surface area contributed by atoms with Crippen molar-refractivity contribution < 1.29 is 18.8 Å². The van der Waals surface area contributed by atoms with E-state index >= 15 is 0 Å². The lowest BCUT2D eigenvalue weighted by atomic mass is 9.95. The van der Waals surface area contributed by atoms with Gasteiger partial charge >= 0.3 is 6.03 Å². The van der Waals surface area contributed by atoms with Crippen LogP contribution in [0.5, 0.6) is 0 Å². The molecule has 4 aromatic rings. The lowest BCUT2D eigenvalue weighted by Gasteiger charge is -2.30. The molecule has 0 atom stereocenters. The third-order valence-corrected chi connectivity index (χ3v) is 7.72. The maximum atomic E-state index is 13.2. The van der Waals surface area contributed by atoms with Crippen molar-refractivity contribution >= 4 is 63.3 Å². The lowest BCUT2D eigenvalue weighted by molar-refractivity contribution is -0.122. The van der Waals surface area contributed by atoms with E-state index in [0.717, 1.165) is 47.8 Å². The zero-order chi connectivity index (χ0) is 25.1. The zero-order valence-electron chi connectivity index (χ0n) is 20.6. The Labute approximate surface area is 224 Å². The first kappa shape index (κ1) is 24.2. The molecule has 10 heteroatoms. The molecule has 1 N–H and O–H groups in total. The largest absolute Gasteiger partial charge is 0.464 e. The van der Waals surface area contributed by atoms with Crippen LogP contribution in [0.2, 0.25) is 0 Å². The van der Waals surface area contributed by atoms with Crippen LogP contribution in [0.4, 0.5) is 4.79 Å². The minimum Gasteiger partial charge on any atom is -0.464 e. The van der Waals surface area contributed by atoms with Gasteiger partial charge in [-0.2, -0.15) is 0 Å². The number of urea groups is 1. The summed E-state index contributed by atoms with van der Waals surface area (Å²) in [6.07, 6.45) is 9.56. The van der Waals surface area contributed by atoms with Gasteiger partial charge in [-0.3, -0.25) is 19.9 Å². The fourth-order valence-corrected chi connectivity index (χ4v) is 5.95. The normalized spacial score (nSPS) is 17.7. The quantitative estimate of drug-likeness (QED) is 0.396. The molecule has 0 saturated carbocycles. The van der Waals surface area contributed by atoms with E-state index in [0.29, 0.717) is 48.3 Å². The Hall–Kier alpha value is -4.11. The number of hydrogen-bond acceptors (Lipinski definition) is 5. The van der Waals surface area contributed by atoms with Gasteiger partial charge in [0.1, 0.15) is 5.58 Å². The summed E-state index contributed by atoms with van der Waals surface area (Å²) in [4.78, 5) is 47.5. The van der Waals surface area contributed by atoms with Gasteiger partial charge in [0.25, 0.3) is 11.8 Å². The highest BCUT2D eigenvalue weighted by Crippen LogP contribution is 2.39. The molecule has 1 aromatic carbocycles. The molecule has 1 fully saturated rings. The van der Waals surface area contributed by atoms with Gasteiger partial charge in [0.2, 0.25) is 0 Å². The Kier molecular flexibility index (Phi) is 5.95. The zero-order valence-corrected chi connectivity index (χ0v) is 21.4. The number of rotatable bonds is 2. The number of carbonyl (C=O) groups is 3. The number of nitrogens with zero attached hydrogens (tertiary/aromatic N) is 4. The standard InChI is InChI=1S/C28H25N5O4.ClH/c34-26-22(20-15-29-14-18-7-13-37-25(18)20)23(27(35)30-26)21-16-33-12-11-32(28(36)31-8-1-2-9-31)10-6-17-4-3-5-19(21)24(17)33;/h3-5,7,13-16H,1-2,6,8-12H2,(H,30,34,35);1H. The first-order valence-electron chi connectivity index (χ1n) is 12.7. The fourth-order valence-electron chi connectivity index (χ4n) is 5.95. The highest BCUT2D eigenvalue weighted by molar-refractivity contribution is 6.50. The third-order valence-electron chi connectivity index (χ3n) is 7.72. The second-order valence-corrected chi connectivity index (χ2v) is 9.82. The number of hydrogen-bond donors (Lipinski definition) is 1. The van der Waals surface area contributed by atoms with Crippen molar-refractivity contribution in [1.29, 1.82) is 0 Å². The van der Waals surface area contributed by atoms with Gasteiger partial charge in [-0.15, -0.1) is 12.4 Å². The summed E-state index contributed by atoms with van der Waals surface area (Å²) in [5, 5.41) is 4.15. The number of furan rings is 1. The van der Waals surface area contributed by atoms with Crippen molar-refractivity contribution in [3.63, 3.8) is 0 Å². The molecule has 9 nitrogen and oxygen atoms in total. The highest BCUT2D eigenvalue weighted by Gasteiger charge is 2.36. The maximum Gasteiger partial charge on any atom is 0.320 e. The van der Waals surface area contributed by atoms with E-state index in [1.807, 2.05) is 28.1 Å². The van der Waals surface area contributed by atoms with Gasteiger partial charge in [0, 0.05) is 73.2 Å². The van der Waals surface area contributed by atoms with E-state index in [4.69, 9.17) is 4.42 Å². The number of carbonyl (C=O) groups excluding carboxylic acids is 3. The van der Waals surface area contributed by atoms with E-state index < -0.39 is 11.8 Å². The summed E-state index contributed by atoms with van der Waals surface area (Å²) in [7, 11) is 0. The number of para-hydroxylation sites is 1. The average Bonchev–Trinajstić information content (AvgIpc) is 3.68. The number of benzene rings is 1. The average molecular weight is 532 g/mol. The number of imide groups is 1. The molecular formula is C28H26ClN5O4. The molecule has 4 amide bonds. The van der Waals surface area contributed by atoms with Crippen LogP contribution in [0.1, 0.15) is 29.5 Å². The van der Waals surface area contributed by atoms with Gasteiger partial charge in [-0.25, -0.2) is 4.79 Å². The van der Waals surface area contributed by atoms with Crippen molar-refractivity contribution in [2.75, 3.05) is 26.2 Å². The summed E-state index contributed by atoms with van der Waals surface area (Å²) in [6.45, 7) is 3.47. The van der Waals surface area contributed by atoms with Crippen molar-refractivity contribution in [1.82, 2.24) is 24.7 Å². The molecule has 0 unspecified atom stereocenters. The summed E-state index contributed by atoms with van der Waals surface area (Å²) in [6, 6.07) is 7.93. The third kappa shape index (κ3) is 3.68. The molecule has 3 aliphatic heterocycles. The minimum atomic E-state index is -0.463. The summed E-state index contributed by atoms with van der Waals surface area (Å²) in [5.41, 5.74) is 4.45. The van der Waals surface area contributed by atoms with Crippen LogP contribution in [0.3, 0.4) is 0 Å². The molecule has 3 aliphatic rings. The van der Waals surface area contributed by atoms with Gasteiger partial charge in [0.15, 0.2) is 0 Å². The molecule has 7 rings (SSSR count). The number of amides is 4. The molecule has 0 bridgehead atoms. The van der Waals surface area contributed by atoms with Gasteiger partial charge in [0.05, 0.1) is 22.9 Å². The van der Waals surface area contributed by atoms with E-state index in [1.54, 1.807) is 24.7 Å². The SMILES string of the molecule is Cl.O=C1NC(=O)C(c2cncc3ccoc23)=C1c1cn2c3c(cccc13)CCN(C(=O)N1CCCC1)CC2. The first-order valence-corrected chi connectivity index (χ1v) is 12.7. The first-order chi connectivity index (χ1) is 18.1. The molecule has 0 aliphatic carbocycles. The Morgan fingerprint density at radius 1 is 0.895 bits per heavy atom. The van der Waals surface area contributed by atoms with Crippen LogP contribution in [0, 0.1) is 0 Å². The van der Waals surface area contributed by atoms with Gasteiger partial charge in [-0.05, 0) is 30.9 Å². The van der Waals surface area contributed by atoms with Crippen LogP contribution in [0.15, 0.2) is 53.5 Å². The van der Waals surface area contributed by atoms with Crippen LogP contribution in [-0.4, -0.2) is 63.4 Å². The van der Waals surface area contributed by atoms with E-state index in [1.165, 1.54) is 0 Å². The van der Waals surface area contributed by atoms with Crippen molar-refractivity contribution in [2.45, 2.75) is 25.8 Å². The molecule has 0 spiro atoms. The van der Waals surface area contributed by atoms with Gasteiger partial charge in [-0.1, -0.05) is 18.2 Å². The number of aromatic nitrogens is 2. The molecule has 38 heavy (non-hydrogen) atoms. The van der Waals surface area contributed by atoms with Crippen LogP contribution in [-0.2, 0) is 22.6 Å². The van der Waals surface area contributed by atoms with Crippen molar-refractivity contribution in [3.05, 3.63) is 65.8 Å². The molecule has 194 valence electrons. The summed E-state index contributed by atoms with van der Waals surface area (Å²) in [5.74, 6) is -0.900. The smallest absolute Gasteiger partial charge is 0.320 e. The molecule has 1 saturated heterocycles. The maximum absolute atomic E-state index is 13.2. The van der Waals surface area contributed by atoms with E-state index in [-0.39, 0.29) is 24.0 Å². The molecule has 0 radical (unpaired) electrons. The predicted octanol–water partition coefficient (Wildman–Crippen LogP) is 3.85. The van der Waals surface area contributed by atoms with Gasteiger partial charge < -0.3 is 18.8 Å². The van der Waals surface area contributed by atoms with Crippen LogP contribution in [0.25, 0.3) is 33.0 Å². The predicted molar refractivity (Wildman–Crippen MR) is 145 cm³/mol. The lowest BCUT2D eigenvalue weighted by Crippen LogP contribution is -2.44. The molecule has 3 aromatic heterocycles. The topological polar surface area (TPSA) is 101 Å². The summed E-state index contributed by atoms with van der Waals surface area (Å²) < 4.78 is 7.79. The Balaban J connectivity index is 0.00000264. The number of fused-ring (bicyclic) bond motifs is 1. The second-order valence-electron chi connectivity index (χ2n) is 9.82. The summed E-state index contributed by atoms with van der Waals surface area (Å²) >= 11 is 0. The Morgan fingerprint density at radius 2 is 1.66 bits per heavy atom. The fraction of sp³-hybridized carbons (Fsp3) is 0.286. The van der Waals surface area contributed by atoms with Crippen molar-refractivity contribution in [3.8, 4) is 0 Å². The van der Waals surface area contributed by atoms with E-state index in [2.05, 4.69) is 20.9 Å². The molecular weight excluding hydrogens is 506 g/mol. The van der Waals surface area contributed by atoms with E-state index in [9.17, 15) is 14.4 Å². The Morgan fingerprint density at radius 3 is 2.47 bits per heavy atom. The number of likely N-dealkylation sites (tertiary alicyclic amines) is 1. The highest BCUT2D eigenvalue weighted by atomic mass is 35.5. The second kappa shape index (κ2) is 9.33. The Bertz CT molecular complexity index is 1650. The minimum absolute atomic E-state index is 0. The molecule has 6 heterocycles. The monoisotopic (exact) mass is 531 g/mol. The number of nitrogens with one attached hydrogen (secondary N) is 1. The van der Waals surface area contributed by atoms with Crippen LogP contribution < -0.4 is 5.32 Å². The van der Waals surface area contributed by atoms with Crippen LogP contribution >= 0.6 is 12.4 Å². The number of halogens is 1. The number of pyridine rings is 1. The van der Waals surface area contributed by atoms with Crippen molar-refractivity contribution in [2.24, 2.45) is 0 Å².